The fraction of sp³-hybridized carbons (Fsp3) is 0.278. The number of aliphatic hydroxyl groups excluding tert-OH is 1. The highest BCUT2D eigenvalue weighted by Crippen LogP contribution is 2.29. The van der Waals surface area contributed by atoms with E-state index in [0.717, 1.165) is 5.82 Å². The summed E-state index contributed by atoms with van der Waals surface area (Å²) in [4.78, 5) is 28.0. The Labute approximate surface area is 154 Å². The number of aryl methyl sites for hydroxylation is 2. The number of imidazole rings is 1. The third-order valence-electron chi connectivity index (χ3n) is 4.18. The number of hydrogen-bond donors (Lipinski definition) is 3. The molecule has 0 radical (unpaired) electrons. The first kappa shape index (κ1) is 18.5. The Hall–Kier alpha value is -3.33. The van der Waals surface area contributed by atoms with Gasteiger partial charge in [0.15, 0.2) is 0 Å². The van der Waals surface area contributed by atoms with Crippen molar-refractivity contribution < 1.29 is 23.8 Å². The molecule has 0 saturated carbocycles. The summed E-state index contributed by atoms with van der Waals surface area (Å²) in [6.45, 7) is 1.32. The number of furan rings is 1. The number of aliphatic hydroxyl groups is 1. The summed E-state index contributed by atoms with van der Waals surface area (Å²) in [7, 11) is 1.87. The number of amides is 2. The van der Waals surface area contributed by atoms with Gasteiger partial charge in [-0.05, 0) is 25.1 Å². The Bertz CT molecular complexity index is 991. The number of hydrogen-bond acceptors (Lipinski definition) is 6. The van der Waals surface area contributed by atoms with E-state index >= 15 is 0 Å². The Morgan fingerprint density at radius 3 is 2.85 bits per heavy atom. The minimum Gasteiger partial charge on any atom is -0.486 e. The number of carbonyl (C=O) groups is 2. The molecule has 0 aliphatic rings. The van der Waals surface area contributed by atoms with E-state index in [0.29, 0.717) is 22.5 Å². The zero-order valence-corrected chi connectivity index (χ0v) is 14.9. The molecule has 2 aromatic heterocycles. The van der Waals surface area contributed by atoms with Crippen LogP contribution in [0.1, 0.15) is 21.9 Å². The first-order valence-electron chi connectivity index (χ1n) is 8.24. The van der Waals surface area contributed by atoms with Crippen molar-refractivity contribution in [2.45, 2.75) is 19.6 Å². The molecule has 1 aromatic carbocycles. The van der Waals surface area contributed by atoms with E-state index in [1.54, 1.807) is 31.3 Å². The van der Waals surface area contributed by atoms with Crippen LogP contribution in [0.25, 0.3) is 11.0 Å². The summed E-state index contributed by atoms with van der Waals surface area (Å²) in [5.74, 6) is 0.281. The van der Waals surface area contributed by atoms with Crippen molar-refractivity contribution >= 4 is 22.8 Å². The third kappa shape index (κ3) is 3.77. The molecular formula is C18H20N4O5. The fourth-order valence-electron chi connectivity index (χ4n) is 2.69. The molecule has 4 N–H and O–H groups in total. The second-order valence-electron chi connectivity index (χ2n) is 6.05. The molecule has 3 rings (SSSR count). The molecule has 3 aromatic rings. The van der Waals surface area contributed by atoms with Gasteiger partial charge in [-0.15, -0.1) is 0 Å². The van der Waals surface area contributed by atoms with E-state index in [9.17, 15) is 14.7 Å². The number of nitrogens with two attached hydrogens (primary N) is 1. The second-order valence-corrected chi connectivity index (χ2v) is 6.05. The van der Waals surface area contributed by atoms with Gasteiger partial charge in [-0.1, -0.05) is 0 Å². The molecule has 0 fully saturated rings. The predicted octanol–water partition coefficient (Wildman–Crippen LogP) is 0.630. The Morgan fingerprint density at radius 1 is 1.44 bits per heavy atom. The molecule has 0 saturated heterocycles. The zero-order valence-electron chi connectivity index (χ0n) is 14.9. The lowest BCUT2D eigenvalue weighted by Crippen LogP contribution is -2.46. The molecule has 27 heavy (non-hydrogen) atoms. The molecule has 1 atom stereocenters. The van der Waals surface area contributed by atoms with Crippen molar-refractivity contribution in [1.82, 2.24) is 14.9 Å². The molecular weight excluding hydrogens is 352 g/mol. The smallest absolute Gasteiger partial charge is 0.256 e. The van der Waals surface area contributed by atoms with Crippen LogP contribution in [0.2, 0.25) is 0 Å². The summed E-state index contributed by atoms with van der Waals surface area (Å²) in [6.07, 6.45) is 3.50. The van der Waals surface area contributed by atoms with Crippen molar-refractivity contribution in [2.24, 2.45) is 12.8 Å². The second kappa shape index (κ2) is 7.50. The number of nitrogens with zero attached hydrogens (tertiary/aromatic N) is 2. The highest BCUT2D eigenvalue weighted by atomic mass is 16.5. The number of carbonyl (C=O) groups excluding carboxylic acids is 2. The summed E-state index contributed by atoms with van der Waals surface area (Å²) >= 11 is 0. The van der Waals surface area contributed by atoms with Crippen LogP contribution in [0.3, 0.4) is 0 Å². The molecule has 2 heterocycles. The van der Waals surface area contributed by atoms with E-state index in [4.69, 9.17) is 14.9 Å². The zero-order chi connectivity index (χ0) is 19.6. The molecule has 0 spiro atoms. The highest BCUT2D eigenvalue weighted by molar-refractivity contribution is 6.08. The largest absolute Gasteiger partial charge is 0.486 e. The summed E-state index contributed by atoms with van der Waals surface area (Å²) in [5, 5.41) is 12.1. The average molecular weight is 372 g/mol. The van der Waals surface area contributed by atoms with E-state index in [-0.39, 0.29) is 12.2 Å². The van der Waals surface area contributed by atoms with E-state index in [1.807, 2.05) is 17.8 Å². The van der Waals surface area contributed by atoms with Gasteiger partial charge in [-0.3, -0.25) is 9.59 Å². The summed E-state index contributed by atoms with van der Waals surface area (Å²) in [5.41, 5.74) is 5.91. The van der Waals surface area contributed by atoms with Gasteiger partial charge in [-0.2, -0.15) is 0 Å². The highest BCUT2D eigenvalue weighted by Gasteiger charge is 2.23. The summed E-state index contributed by atoms with van der Waals surface area (Å²) in [6, 6.07) is 3.94. The SMILES string of the molecule is Cc1oc2ccc(OCc3nccn3C)cc2c1C(=O)NC(CO)C(N)=O. The van der Waals surface area contributed by atoms with Crippen LogP contribution in [0.15, 0.2) is 35.0 Å². The minimum atomic E-state index is -1.18. The number of aromatic nitrogens is 2. The number of benzene rings is 1. The monoisotopic (exact) mass is 372 g/mol. The standard InChI is InChI=1S/C18H20N4O5/c1-10-16(18(25)21-13(8-23)17(19)24)12-7-11(3-4-14(12)27-10)26-9-15-20-5-6-22(15)2/h3-7,13,23H,8-9H2,1-2H3,(H2,19,24)(H,21,25). The maximum absolute atomic E-state index is 12.6. The molecule has 9 nitrogen and oxygen atoms in total. The van der Waals surface area contributed by atoms with Gasteiger partial charge < -0.3 is 29.9 Å². The van der Waals surface area contributed by atoms with Crippen molar-refractivity contribution in [3.05, 3.63) is 47.7 Å². The van der Waals surface area contributed by atoms with Gasteiger partial charge in [0.25, 0.3) is 5.91 Å². The summed E-state index contributed by atoms with van der Waals surface area (Å²) < 4.78 is 13.2. The van der Waals surface area contributed by atoms with Gasteiger partial charge in [0.05, 0.1) is 12.2 Å². The van der Waals surface area contributed by atoms with Crippen molar-refractivity contribution in [3.63, 3.8) is 0 Å². The molecule has 0 bridgehead atoms. The lowest BCUT2D eigenvalue weighted by atomic mass is 10.1. The molecule has 1 unspecified atom stereocenters. The number of rotatable bonds is 7. The van der Waals surface area contributed by atoms with Crippen LogP contribution in [-0.2, 0) is 18.4 Å². The first-order chi connectivity index (χ1) is 12.9. The van der Waals surface area contributed by atoms with E-state index in [1.165, 1.54) is 0 Å². The number of nitrogens with one attached hydrogen (secondary N) is 1. The van der Waals surface area contributed by atoms with Crippen molar-refractivity contribution in [3.8, 4) is 5.75 Å². The Balaban J connectivity index is 1.87. The van der Waals surface area contributed by atoms with Gasteiger partial charge in [0.2, 0.25) is 5.91 Å². The minimum absolute atomic E-state index is 0.257. The van der Waals surface area contributed by atoms with Crippen molar-refractivity contribution in [2.75, 3.05) is 6.61 Å². The maximum atomic E-state index is 12.6. The van der Waals surface area contributed by atoms with Gasteiger partial charge in [-0.25, -0.2) is 4.98 Å². The van der Waals surface area contributed by atoms with E-state index in [2.05, 4.69) is 10.3 Å². The number of ether oxygens (including phenoxy) is 1. The lowest BCUT2D eigenvalue weighted by molar-refractivity contribution is -0.120. The normalized spacial score (nSPS) is 12.1. The first-order valence-corrected chi connectivity index (χ1v) is 8.24. The third-order valence-corrected chi connectivity index (χ3v) is 4.18. The molecule has 9 heteroatoms. The molecule has 0 aliphatic carbocycles. The molecule has 142 valence electrons. The van der Waals surface area contributed by atoms with Crippen molar-refractivity contribution in [1.29, 1.82) is 0 Å². The van der Waals surface area contributed by atoms with Crippen LogP contribution in [0, 0.1) is 6.92 Å². The Kier molecular flexibility index (Phi) is 5.13. The number of primary amides is 1. The Morgan fingerprint density at radius 2 is 2.22 bits per heavy atom. The predicted molar refractivity (Wildman–Crippen MR) is 96.0 cm³/mol. The molecule has 2 amide bonds. The maximum Gasteiger partial charge on any atom is 0.256 e. The van der Waals surface area contributed by atoms with Crippen LogP contribution in [-0.4, -0.2) is 39.1 Å². The quantitative estimate of drug-likeness (QED) is 0.557. The molecule has 0 aliphatic heterocycles. The van der Waals surface area contributed by atoms with Gasteiger partial charge in [0, 0.05) is 24.8 Å². The van der Waals surface area contributed by atoms with Crippen LogP contribution < -0.4 is 15.8 Å². The van der Waals surface area contributed by atoms with Gasteiger partial charge >= 0.3 is 0 Å². The van der Waals surface area contributed by atoms with Crippen LogP contribution in [0.4, 0.5) is 0 Å². The number of fused-ring (bicyclic) bond motifs is 1. The fourth-order valence-corrected chi connectivity index (χ4v) is 2.69. The topological polar surface area (TPSA) is 133 Å². The van der Waals surface area contributed by atoms with Crippen LogP contribution >= 0.6 is 0 Å². The van der Waals surface area contributed by atoms with Crippen LogP contribution in [0.5, 0.6) is 5.75 Å². The van der Waals surface area contributed by atoms with Gasteiger partial charge in [0.1, 0.15) is 35.6 Å². The van der Waals surface area contributed by atoms with E-state index < -0.39 is 24.5 Å². The average Bonchev–Trinajstić information content (AvgIpc) is 3.18. The lowest BCUT2D eigenvalue weighted by Gasteiger charge is -2.12.